The molecule has 26 heavy (non-hydrogen) atoms. The maximum Gasteiger partial charge on any atom is 0.335 e. The van der Waals surface area contributed by atoms with Gasteiger partial charge in [-0.3, -0.25) is 14.4 Å². The van der Waals surface area contributed by atoms with Crippen LogP contribution in [0.2, 0.25) is 0 Å². The second-order valence-corrected chi connectivity index (χ2v) is 6.05. The Kier molecular flexibility index (Phi) is 3.76. The summed E-state index contributed by atoms with van der Waals surface area (Å²) in [5.41, 5.74) is 1.94. The Bertz CT molecular complexity index is 917. The third-order valence-corrected chi connectivity index (χ3v) is 4.43. The largest absolute Gasteiger partial charge is 0.335 e. The number of fused-ring (bicyclic) bond motifs is 2. The van der Waals surface area contributed by atoms with E-state index in [9.17, 15) is 19.2 Å². The van der Waals surface area contributed by atoms with Crippen molar-refractivity contribution in [1.82, 2.24) is 9.96 Å². The van der Waals surface area contributed by atoms with Crippen molar-refractivity contribution in [3.63, 3.8) is 0 Å². The zero-order chi connectivity index (χ0) is 18.3. The molecular weight excluding hydrogens is 336 g/mol. The standard InChI is InChI=1S/C19H14N2O5/c22-16(9-10-20-11-12-5-1-2-6-13(12)17(20)23)26-21-18(24)14-7-3-4-8-15(14)19(21)25/h1-8H,9-11H2. The molecule has 0 unspecified atom stereocenters. The molecule has 2 aliphatic heterocycles. The number of hydroxylamine groups is 2. The lowest BCUT2D eigenvalue weighted by Crippen LogP contribution is -2.34. The summed E-state index contributed by atoms with van der Waals surface area (Å²) in [4.78, 5) is 55.2. The number of carbonyl (C=O) groups is 4. The van der Waals surface area contributed by atoms with Gasteiger partial charge in [-0.05, 0) is 23.8 Å². The molecule has 2 heterocycles. The van der Waals surface area contributed by atoms with Crippen LogP contribution in [0.1, 0.15) is 43.1 Å². The molecular formula is C19H14N2O5. The number of rotatable bonds is 4. The fraction of sp³-hybridized carbons (Fsp3) is 0.158. The Hall–Kier alpha value is -3.48. The van der Waals surface area contributed by atoms with Gasteiger partial charge in [0.1, 0.15) is 0 Å². The number of hydrogen-bond acceptors (Lipinski definition) is 5. The lowest BCUT2D eigenvalue weighted by Gasteiger charge is -2.16. The van der Waals surface area contributed by atoms with Gasteiger partial charge in [0, 0.05) is 18.7 Å². The molecule has 3 amide bonds. The molecule has 0 radical (unpaired) electrons. The van der Waals surface area contributed by atoms with Crippen molar-refractivity contribution in [2.45, 2.75) is 13.0 Å². The van der Waals surface area contributed by atoms with Crippen LogP contribution in [0.3, 0.4) is 0 Å². The maximum atomic E-state index is 12.3. The van der Waals surface area contributed by atoms with Gasteiger partial charge < -0.3 is 9.74 Å². The Morgan fingerprint density at radius 2 is 1.42 bits per heavy atom. The van der Waals surface area contributed by atoms with Crippen molar-refractivity contribution in [1.29, 1.82) is 0 Å². The van der Waals surface area contributed by atoms with Crippen molar-refractivity contribution in [3.05, 3.63) is 70.8 Å². The Labute approximate surface area is 148 Å². The molecule has 130 valence electrons. The number of imide groups is 1. The molecule has 2 aliphatic rings. The number of carbonyl (C=O) groups excluding carboxylic acids is 4. The van der Waals surface area contributed by atoms with Crippen LogP contribution < -0.4 is 0 Å². The number of hydrogen-bond donors (Lipinski definition) is 0. The zero-order valence-electron chi connectivity index (χ0n) is 13.7. The van der Waals surface area contributed by atoms with E-state index in [4.69, 9.17) is 4.84 Å². The number of benzene rings is 2. The first-order chi connectivity index (χ1) is 12.6. The lowest BCUT2D eigenvalue weighted by molar-refractivity contribution is -0.168. The maximum absolute atomic E-state index is 12.3. The molecule has 2 aromatic carbocycles. The van der Waals surface area contributed by atoms with Crippen molar-refractivity contribution in [2.24, 2.45) is 0 Å². The highest BCUT2D eigenvalue weighted by Crippen LogP contribution is 2.24. The van der Waals surface area contributed by atoms with E-state index in [-0.39, 0.29) is 30.0 Å². The SMILES string of the molecule is O=C(CCN1Cc2ccccc2C1=O)ON1C(=O)c2ccccc2C1=O. The minimum absolute atomic E-state index is 0.118. The molecule has 7 heteroatoms. The van der Waals surface area contributed by atoms with E-state index in [0.29, 0.717) is 17.2 Å². The summed E-state index contributed by atoms with van der Waals surface area (Å²) >= 11 is 0. The molecule has 0 N–H and O–H groups in total. The number of amides is 3. The summed E-state index contributed by atoms with van der Waals surface area (Å²) in [6.07, 6.45) is -0.118. The fourth-order valence-electron chi connectivity index (χ4n) is 3.12. The third-order valence-electron chi connectivity index (χ3n) is 4.43. The van der Waals surface area contributed by atoms with Crippen LogP contribution in [0.15, 0.2) is 48.5 Å². The Morgan fingerprint density at radius 1 is 0.846 bits per heavy atom. The second kappa shape index (κ2) is 6.11. The molecule has 0 bridgehead atoms. The van der Waals surface area contributed by atoms with Crippen LogP contribution in [0, 0.1) is 0 Å². The van der Waals surface area contributed by atoms with E-state index in [1.54, 1.807) is 24.3 Å². The van der Waals surface area contributed by atoms with Crippen LogP contribution in [-0.2, 0) is 16.2 Å². The molecule has 0 saturated heterocycles. The van der Waals surface area contributed by atoms with Crippen LogP contribution in [0.25, 0.3) is 0 Å². The highest BCUT2D eigenvalue weighted by molar-refractivity contribution is 6.20. The fourth-order valence-corrected chi connectivity index (χ4v) is 3.12. The van der Waals surface area contributed by atoms with Gasteiger partial charge in [-0.25, -0.2) is 4.79 Å². The van der Waals surface area contributed by atoms with Gasteiger partial charge in [0.05, 0.1) is 17.5 Å². The van der Waals surface area contributed by atoms with E-state index in [2.05, 4.69) is 0 Å². The predicted molar refractivity (Wildman–Crippen MR) is 88.8 cm³/mol. The topological polar surface area (TPSA) is 84.0 Å². The molecule has 7 nitrogen and oxygen atoms in total. The second-order valence-electron chi connectivity index (χ2n) is 6.05. The van der Waals surface area contributed by atoms with Crippen LogP contribution >= 0.6 is 0 Å². The smallest absolute Gasteiger partial charge is 0.334 e. The molecule has 0 fully saturated rings. The number of nitrogens with zero attached hydrogens (tertiary/aromatic N) is 2. The first-order valence-corrected chi connectivity index (χ1v) is 8.12. The van der Waals surface area contributed by atoms with Gasteiger partial charge >= 0.3 is 5.97 Å². The summed E-state index contributed by atoms with van der Waals surface area (Å²) in [7, 11) is 0. The lowest BCUT2D eigenvalue weighted by atomic mass is 10.1. The van der Waals surface area contributed by atoms with Crippen molar-refractivity contribution < 1.29 is 24.0 Å². The summed E-state index contributed by atoms with van der Waals surface area (Å²) in [6, 6.07) is 13.5. The third kappa shape index (κ3) is 2.54. The first-order valence-electron chi connectivity index (χ1n) is 8.12. The van der Waals surface area contributed by atoms with Crippen LogP contribution in [0.4, 0.5) is 0 Å². The molecule has 0 aliphatic carbocycles. The van der Waals surface area contributed by atoms with E-state index in [1.807, 2.05) is 12.1 Å². The molecule has 0 saturated carbocycles. The summed E-state index contributed by atoms with van der Waals surface area (Å²) in [5.74, 6) is -2.22. The monoisotopic (exact) mass is 350 g/mol. The van der Waals surface area contributed by atoms with Gasteiger partial charge in [-0.15, -0.1) is 0 Å². The van der Waals surface area contributed by atoms with Crippen LogP contribution in [-0.4, -0.2) is 40.2 Å². The average Bonchev–Trinajstić information content (AvgIpc) is 3.10. The quantitative estimate of drug-likeness (QED) is 0.785. The van der Waals surface area contributed by atoms with E-state index in [1.165, 1.54) is 17.0 Å². The van der Waals surface area contributed by atoms with Gasteiger partial charge in [0.25, 0.3) is 17.7 Å². The molecule has 0 atom stereocenters. The van der Waals surface area contributed by atoms with E-state index < -0.39 is 17.8 Å². The van der Waals surface area contributed by atoms with E-state index >= 15 is 0 Å². The Balaban J connectivity index is 1.37. The molecule has 2 aromatic rings. The first kappa shape index (κ1) is 16.0. The molecule has 4 rings (SSSR count). The highest BCUT2D eigenvalue weighted by atomic mass is 16.7. The summed E-state index contributed by atoms with van der Waals surface area (Å²) in [5, 5.41) is 0.480. The minimum Gasteiger partial charge on any atom is -0.334 e. The van der Waals surface area contributed by atoms with Gasteiger partial charge in [-0.2, -0.15) is 0 Å². The van der Waals surface area contributed by atoms with Crippen LogP contribution in [0.5, 0.6) is 0 Å². The van der Waals surface area contributed by atoms with Gasteiger partial charge in [0.15, 0.2) is 0 Å². The Morgan fingerprint density at radius 3 is 2.04 bits per heavy atom. The predicted octanol–water partition coefficient (Wildman–Crippen LogP) is 1.79. The molecule has 0 aromatic heterocycles. The average molecular weight is 350 g/mol. The van der Waals surface area contributed by atoms with E-state index in [0.717, 1.165) is 5.56 Å². The zero-order valence-corrected chi connectivity index (χ0v) is 13.7. The van der Waals surface area contributed by atoms with Crippen molar-refractivity contribution in [3.8, 4) is 0 Å². The summed E-state index contributed by atoms with van der Waals surface area (Å²) < 4.78 is 0. The normalized spacial score (nSPS) is 15.3. The van der Waals surface area contributed by atoms with Crippen molar-refractivity contribution >= 4 is 23.7 Å². The van der Waals surface area contributed by atoms with Gasteiger partial charge in [-0.1, -0.05) is 35.4 Å². The summed E-state index contributed by atoms with van der Waals surface area (Å²) in [6.45, 7) is 0.574. The highest BCUT2D eigenvalue weighted by Gasteiger charge is 2.38. The van der Waals surface area contributed by atoms with Gasteiger partial charge in [0.2, 0.25) is 0 Å². The van der Waals surface area contributed by atoms with Crippen molar-refractivity contribution in [2.75, 3.05) is 6.54 Å². The minimum atomic E-state index is -0.747. The molecule has 0 spiro atoms.